The first-order valence-electron chi connectivity index (χ1n) is 18.8. The molecule has 0 N–H and O–H groups in total. The van der Waals surface area contributed by atoms with Gasteiger partial charge in [0, 0.05) is 48.4 Å². The first-order chi connectivity index (χ1) is 27.3. The third kappa shape index (κ3) is 4.54. The molecule has 3 heterocycles. The zero-order valence-electron chi connectivity index (χ0n) is 29.8. The van der Waals surface area contributed by atoms with E-state index < -0.39 is 0 Å². The van der Waals surface area contributed by atoms with E-state index in [4.69, 9.17) is 0 Å². The minimum atomic E-state index is 1.15. The summed E-state index contributed by atoms with van der Waals surface area (Å²) in [6.45, 7) is 0. The van der Waals surface area contributed by atoms with Crippen LogP contribution in [0.2, 0.25) is 0 Å². The molecular formula is C52H32N2S. The van der Waals surface area contributed by atoms with Gasteiger partial charge in [-0.15, -0.1) is 11.3 Å². The summed E-state index contributed by atoms with van der Waals surface area (Å²) in [6, 6.07) is 71.4. The molecule has 0 aliphatic heterocycles. The van der Waals surface area contributed by atoms with Gasteiger partial charge < -0.3 is 9.13 Å². The number of nitrogens with zero attached hydrogens (tertiary/aromatic N) is 2. The maximum absolute atomic E-state index is 2.54. The first kappa shape index (κ1) is 30.5. The van der Waals surface area contributed by atoms with Gasteiger partial charge in [0.2, 0.25) is 0 Å². The lowest BCUT2D eigenvalue weighted by Crippen LogP contribution is -1.96. The highest BCUT2D eigenvalue weighted by Crippen LogP contribution is 2.45. The lowest BCUT2D eigenvalue weighted by molar-refractivity contribution is 1.17. The molecule has 0 saturated carbocycles. The molecule has 256 valence electrons. The summed E-state index contributed by atoms with van der Waals surface area (Å²) in [5.74, 6) is 0. The molecule has 0 radical (unpaired) electrons. The van der Waals surface area contributed by atoms with Gasteiger partial charge in [0.25, 0.3) is 0 Å². The number of rotatable bonds is 4. The van der Waals surface area contributed by atoms with Crippen LogP contribution in [0.25, 0.3) is 108 Å². The Bertz CT molecular complexity index is 3470. The number of aromatic nitrogens is 2. The van der Waals surface area contributed by atoms with Crippen molar-refractivity contribution >= 4 is 85.9 Å². The molecule has 0 bridgehead atoms. The SMILES string of the molecule is c1ccc(-c2cc(-c3cccc(-n4c5cc6c(cc5c5ccc7c8ccccc8sc7c54)c4ccccc4n6-c4ccccc4)c3)cc3ccccc23)cc1. The van der Waals surface area contributed by atoms with Crippen LogP contribution < -0.4 is 0 Å². The van der Waals surface area contributed by atoms with Gasteiger partial charge in [-0.3, -0.25) is 0 Å². The molecule has 0 atom stereocenters. The maximum atomic E-state index is 2.54. The number of thiophene rings is 1. The van der Waals surface area contributed by atoms with Crippen molar-refractivity contribution in [3.63, 3.8) is 0 Å². The van der Waals surface area contributed by atoms with Crippen LogP contribution in [0.3, 0.4) is 0 Å². The van der Waals surface area contributed by atoms with Crippen LogP contribution in [0, 0.1) is 0 Å². The van der Waals surface area contributed by atoms with Crippen molar-refractivity contribution < 1.29 is 0 Å². The van der Waals surface area contributed by atoms with E-state index in [9.17, 15) is 0 Å². The average molecular weight is 717 g/mol. The number of hydrogen-bond donors (Lipinski definition) is 0. The molecule has 55 heavy (non-hydrogen) atoms. The van der Waals surface area contributed by atoms with Crippen molar-refractivity contribution in [2.75, 3.05) is 0 Å². The maximum Gasteiger partial charge on any atom is 0.0719 e. The lowest BCUT2D eigenvalue weighted by atomic mass is 9.93. The Balaban J connectivity index is 1.19. The summed E-state index contributed by atoms with van der Waals surface area (Å²) in [5.41, 5.74) is 12.1. The molecule has 3 aromatic heterocycles. The van der Waals surface area contributed by atoms with Crippen molar-refractivity contribution in [2.24, 2.45) is 0 Å². The quantitative estimate of drug-likeness (QED) is 0.172. The largest absolute Gasteiger partial charge is 0.309 e. The van der Waals surface area contributed by atoms with Gasteiger partial charge in [-0.2, -0.15) is 0 Å². The summed E-state index contributed by atoms with van der Waals surface area (Å²) in [7, 11) is 0. The normalized spacial score (nSPS) is 12.0. The Hall–Kier alpha value is -6.94. The van der Waals surface area contributed by atoms with E-state index in [2.05, 4.69) is 203 Å². The third-order valence-corrected chi connectivity index (χ3v) is 12.7. The standard InChI is InChI=1S/C52H32N2S/c1-3-14-33(15-4-1)44-30-36(28-35-16-7-8-21-39(35)44)34-17-13-20-38(29-34)54-49-32-48-45(40-22-9-11-24-47(40)53(48)37-18-5-2-6-19-37)31-46(49)42-26-27-43-41-23-10-12-25-50(41)55-52(43)51(42)54/h1-32H. The molecule has 0 unspecified atom stereocenters. The fourth-order valence-electron chi connectivity index (χ4n) is 9.02. The molecule has 12 aromatic rings. The van der Waals surface area contributed by atoms with Crippen LogP contribution >= 0.6 is 11.3 Å². The van der Waals surface area contributed by atoms with Crippen LogP contribution in [0.1, 0.15) is 0 Å². The Morgan fingerprint density at radius 2 is 0.982 bits per heavy atom. The molecule has 0 saturated heterocycles. The zero-order chi connectivity index (χ0) is 36.0. The Labute approximate surface area is 321 Å². The Kier molecular flexibility index (Phi) is 6.54. The van der Waals surface area contributed by atoms with E-state index in [0.717, 1.165) is 11.4 Å². The topological polar surface area (TPSA) is 9.86 Å². The Morgan fingerprint density at radius 1 is 0.327 bits per heavy atom. The molecule has 0 fully saturated rings. The minimum Gasteiger partial charge on any atom is -0.309 e. The van der Waals surface area contributed by atoms with E-state index in [1.54, 1.807) is 0 Å². The molecule has 3 heteroatoms. The molecule has 0 amide bonds. The van der Waals surface area contributed by atoms with Gasteiger partial charge in [-0.05, 0) is 93.7 Å². The highest BCUT2D eigenvalue weighted by atomic mass is 32.1. The predicted octanol–water partition coefficient (Wildman–Crippen LogP) is 14.7. The smallest absolute Gasteiger partial charge is 0.0719 e. The van der Waals surface area contributed by atoms with Crippen molar-refractivity contribution in [3.05, 3.63) is 194 Å². The highest BCUT2D eigenvalue weighted by molar-refractivity contribution is 7.26. The average Bonchev–Trinajstić information content (AvgIpc) is 3.90. The van der Waals surface area contributed by atoms with Crippen molar-refractivity contribution in [1.82, 2.24) is 9.13 Å². The van der Waals surface area contributed by atoms with Gasteiger partial charge in [0.05, 0.1) is 26.8 Å². The van der Waals surface area contributed by atoms with Crippen LogP contribution in [0.5, 0.6) is 0 Å². The summed E-state index contributed by atoms with van der Waals surface area (Å²) in [6.07, 6.45) is 0. The van der Waals surface area contributed by atoms with E-state index in [0.29, 0.717) is 0 Å². The van der Waals surface area contributed by atoms with Crippen LogP contribution in [-0.4, -0.2) is 9.13 Å². The lowest BCUT2D eigenvalue weighted by Gasteiger charge is -2.14. The summed E-state index contributed by atoms with van der Waals surface area (Å²) < 4.78 is 7.60. The van der Waals surface area contributed by atoms with E-state index in [1.807, 2.05) is 11.3 Å². The number of benzene rings is 9. The van der Waals surface area contributed by atoms with Crippen molar-refractivity contribution in [3.8, 4) is 33.6 Å². The second kappa shape index (κ2) is 11.8. The summed E-state index contributed by atoms with van der Waals surface area (Å²) in [4.78, 5) is 0. The minimum absolute atomic E-state index is 1.15. The van der Waals surface area contributed by atoms with E-state index in [-0.39, 0.29) is 0 Å². The summed E-state index contributed by atoms with van der Waals surface area (Å²) >= 11 is 1.90. The van der Waals surface area contributed by atoms with Crippen LogP contribution in [-0.2, 0) is 0 Å². The zero-order valence-corrected chi connectivity index (χ0v) is 30.6. The monoisotopic (exact) mass is 716 g/mol. The molecule has 0 aliphatic rings. The van der Waals surface area contributed by atoms with Crippen LogP contribution in [0.15, 0.2) is 194 Å². The second-order valence-electron chi connectivity index (χ2n) is 14.5. The molecular weight excluding hydrogens is 685 g/mol. The van der Waals surface area contributed by atoms with Gasteiger partial charge in [-0.1, -0.05) is 133 Å². The summed E-state index contributed by atoms with van der Waals surface area (Å²) in [5, 5.41) is 10.2. The first-order valence-corrected chi connectivity index (χ1v) is 19.7. The Morgan fingerprint density at radius 3 is 1.85 bits per heavy atom. The van der Waals surface area contributed by atoms with Crippen LogP contribution in [0.4, 0.5) is 0 Å². The van der Waals surface area contributed by atoms with E-state index >= 15 is 0 Å². The predicted molar refractivity (Wildman–Crippen MR) is 236 cm³/mol. The third-order valence-electron chi connectivity index (χ3n) is 11.5. The molecule has 12 rings (SSSR count). The van der Waals surface area contributed by atoms with Gasteiger partial charge in [-0.25, -0.2) is 0 Å². The highest BCUT2D eigenvalue weighted by Gasteiger charge is 2.21. The number of para-hydroxylation sites is 2. The number of hydrogen-bond acceptors (Lipinski definition) is 1. The van der Waals surface area contributed by atoms with Gasteiger partial charge >= 0.3 is 0 Å². The fraction of sp³-hybridized carbons (Fsp3) is 0. The van der Waals surface area contributed by atoms with E-state index in [1.165, 1.54) is 96.8 Å². The van der Waals surface area contributed by atoms with Crippen molar-refractivity contribution in [1.29, 1.82) is 0 Å². The van der Waals surface area contributed by atoms with Gasteiger partial charge in [0.15, 0.2) is 0 Å². The van der Waals surface area contributed by atoms with Gasteiger partial charge in [0.1, 0.15) is 0 Å². The molecule has 0 aliphatic carbocycles. The van der Waals surface area contributed by atoms with Crippen molar-refractivity contribution in [2.45, 2.75) is 0 Å². The molecule has 9 aromatic carbocycles. The number of fused-ring (bicyclic) bond motifs is 11. The fourth-order valence-corrected chi connectivity index (χ4v) is 10.3. The molecule has 0 spiro atoms. The molecule has 2 nitrogen and oxygen atoms in total. The second-order valence-corrected chi connectivity index (χ2v) is 15.6.